The van der Waals surface area contributed by atoms with Crippen LogP contribution in [-0.2, 0) is 12.4 Å². The van der Waals surface area contributed by atoms with Gasteiger partial charge in [-0.05, 0) is 12.5 Å². The van der Waals surface area contributed by atoms with Crippen molar-refractivity contribution in [2.24, 2.45) is 0 Å². The number of aryl methyl sites for hydroxylation is 1. The van der Waals surface area contributed by atoms with Crippen molar-refractivity contribution >= 4 is 6.29 Å². The molecule has 0 N–H and O–H groups in total. The van der Waals surface area contributed by atoms with E-state index in [1.165, 1.54) is 0 Å². The molecule has 94 valence electrons. The molecule has 17 heavy (non-hydrogen) atoms. The molecule has 0 saturated heterocycles. The summed E-state index contributed by atoms with van der Waals surface area (Å²) in [5, 5.41) is 0. The van der Waals surface area contributed by atoms with Crippen LogP contribution < -0.4 is 0 Å². The highest BCUT2D eigenvalue weighted by Crippen LogP contribution is 2.43. The predicted molar refractivity (Wildman–Crippen MR) is 46.6 cm³/mol. The molecule has 0 bridgehead atoms. The summed E-state index contributed by atoms with van der Waals surface area (Å²) in [6.45, 7) is 0.909. The van der Waals surface area contributed by atoms with Gasteiger partial charge in [-0.25, -0.2) is 0 Å². The van der Waals surface area contributed by atoms with Gasteiger partial charge in [-0.1, -0.05) is 12.1 Å². The van der Waals surface area contributed by atoms with E-state index in [0.29, 0.717) is 0 Å². The molecule has 0 unspecified atom stereocenters. The number of alkyl halides is 6. The number of carbonyl (C=O) groups is 1. The summed E-state index contributed by atoms with van der Waals surface area (Å²) >= 11 is 0. The SMILES string of the molecule is Cc1ccc(C=O)c(C(F)(F)F)c1C(F)(F)F. The van der Waals surface area contributed by atoms with Crippen molar-refractivity contribution in [1.29, 1.82) is 0 Å². The number of hydrogen-bond acceptors (Lipinski definition) is 1. The second-order valence-corrected chi connectivity index (χ2v) is 3.34. The third-order valence-electron chi connectivity index (χ3n) is 2.14. The van der Waals surface area contributed by atoms with E-state index in [0.717, 1.165) is 19.1 Å². The fourth-order valence-corrected chi connectivity index (χ4v) is 1.49. The number of aldehydes is 1. The van der Waals surface area contributed by atoms with Crippen molar-refractivity contribution in [3.8, 4) is 0 Å². The molecule has 0 spiro atoms. The number of carbonyl (C=O) groups excluding carboxylic acids is 1. The lowest BCUT2D eigenvalue weighted by atomic mass is 9.96. The average molecular weight is 256 g/mol. The lowest BCUT2D eigenvalue weighted by molar-refractivity contribution is -0.162. The topological polar surface area (TPSA) is 17.1 Å². The largest absolute Gasteiger partial charge is 0.417 e. The smallest absolute Gasteiger partial charge is 0.298 e. The van der Waals surface area contributed by atoms with E-state index in [1.807, 2.05) is 0 Å². The first kappa shape index (κ1) is 13.5. The van der Waals surface area contributed by atoms with Crippen molar-refractivity contribution in [3.05, 3.63) is 34.4 Å². The third kappa shape index (κ3) is 2.59. The molecular formula is C10H6F6O. The van der Waals surface area contributed by atoms with Crippen LogP contribution in [0.15, 0.2) is 12.1 Å². The Balaban J connectivity index is 3.73. The summed E-state index contributed by atoms with van der Waals surface area (Å²) in [5.41, 5.74) is -5.33. The standard InChI is InChI=1S/C10H6F6O/c1-5-2-3-6(4-17)8(10(14,15)16)7(5)9(11,12)13/h2-4H,1H3. The summed E-state index contributed by atoms with van der Waals surface area (Å²) in [4.78, 5) is 10.4. The minimum Gasteiger partial charge on any atom is -0.298 e. The Bertz CT molecular complexity index is 443. The summed E-state index contributed by atoms with van der Waals surface area (Å²) in [5.74, 6) is 0. The molecule has 0 aliphatic carbocycles. The third-order valence-corrected chi connectivity index (χ3v) is 2.14. The van der Waals surface area contributed by atoms with Crippen molar-refractivity contribution < 1.29 is 31.1 Å². The monoisotopic (exact) mass is 256 g/mol. The molecule has 0 atom stereocenters. The molecule has 0 radical (unpaired) electrons. The maximum atomic E-state index is 12.5. The van der Waals surface area contributed by atoms with Crippen LogP contribution in [0.5, 0.6) is 0 Å². The molecule has 1 rings (SSSR count). The predicted octanol–water partition coefficient (Wildman–Crippen LogP) is 3.85. The van der Waals surface area contributed by atoms with Crippen LogP contribution in [0.25, 0.3) is 0 Å². The van der Waals surface area contributed by atoms with E-state index < -0.39 is 34.6 Å². The molecule has 0 aliphatic rings. The van der Waals surface area contributed by atoms with E-state index in [-0.39, 0.29) is 6.29 Å². The minimum absolute atomic E-state index is 0.239. The lowest BCUT2D eigenvalue weighted by Crippen LogP contribution is -2.20. The quantitative estimate of drug-likeness (QED) is 0.551. The van der Waals surface area contributed by atoms with Gasteiger partial charge in [0.2, 0.25) is 0 Å². The fraction of sp³-hybridized carbons (Fsp3) is 0.300. The first-order valence-corrected chi connectivity index (χ1v) is 4.32. The molecule has 7 heteroatoms. The number of benzene rings is 1. The highest BCUT2D eigenvalue weighted by molar-refractivity contribution is 5.79. The summed E-state index contributed by atoms with van der Waals surface area (Å²) in [6.07, 6.45) is -10.6. The Kier molecular flexibility index (Phi) is 3.22. The normalized spacial score (nSPS) is 12.6. The van der Waals surface area contributed by atoms with Gasteiger partial charge in [0, 0.05) is 5.56 Å². The maximum absolute atomic E-state index is 12.5. The van der Waals surface area contributed by atoms with Gasteiger partial charge in [0.05, 0.1) is 11.1 Å². The second kappa shape index (κ2) is 4.05. The van der Waals surface area contributed by atoms with Crippen LogP contribution in [0.1, 0.15) is 27.0 Å². The van der Waals surface area contributed by atoms with Gasteiger partial charge in [-0.2, -0.15) is 26.3 Å². The van der Waals surface area contributed by atoms with Crippen molar-refractivity contribution in [3.63, 3.8) is 0 Å². The molecule has 1 nitrogen and oxygen atoms in total. The number of hydrogen-bond donors (Lipinski definition) is 0. The van der Waals surface area contributed by atoms with Crippen LogP contribution in [0.2, 0.25) is 0 Å². The molecule has 1 aromatic carbocycles. The molecular weight excluding hydrogens is 250 g/mol. The molecule has 1 aromatic rings. The van der Waals surface area contributed by atoms with E-state index in [1.54, 1.807) is 0 Å². The second-order valence-electron chi connectivity index (χ2n) is 3.34. The fourth-order valence-electron chi connectivity index (χ4n) is 1.49. The molecule has 0 amide bonds. The van der Waals surface area contributed by atoms with E-state index >= 15 is 0 Å². The van der Waals surface area contributed by atoms with Crippen LogP contribution in [-0.4, -0.2) is 6.29 Å². The van der Waals surface area contributed by atoms with Gasteiger partial charge < -0.3 is 0 Å². The molecule has 0 saturated carbocycles. The lowest BCUT2D eigenvalue weighted by Gasteiger charge is -2.19. The molecule has 0 heterocycles. The Morgan fingerprint density at radius 2 is 1.41 bits per heavy atom. The summed E-state index contributed by atoms with van der Waals surface area (Å²) < 4.78 is 75.3. The van der Waals surface area contributed by atoms with E-state index in [2.05, 4.69) is 0 Å². The van der Waals surface area contributed by atoms with Gasteiger partial charge in [-0.3, -0.25) is 4.79 Å². The number of halogens is 6. The average Bonchev–Trinajstić information content (AvgIpc) is 2.13. The highest BCUT2D eigenvalue weighted by atomic mass is 19.4. The van der Waals surface area contributed by atoms with E-state index in [4.69, 9.17) is 0 Å². The summed E-state index contributed by atoms with van der Waals surface area (Å²) in [6, 6.07) is 1.56. The van der Waals surface area contributed by atoms with Gasteiger partial charge in [-0.15, -0.1) is 0 Å². The first-order chi connectivity index (χ1) is 7.59. The van der Waals surface area contributed by atoms with Crippen LogP contribution in [0.4, 0.5) is 26.3 Å². The number of rotatable bonds is 1. The van der Waals surface area contributed by atoms with Gasteiger partial charge >= 0.3 is 12.4 Å². The van der Waals surface area contributed by atoms with Crippen molar-refractivity contribution in [1.82, 2.24) is 0 Å². The van der Waals surface area contributed by atoms with Crippen LogP contribution in [0, 0.1) is 6.92 Å². The van der Waals surface area contributed by atoms with Crippen molar-refractivity contribution in [2.75, 3.05) is 0 Å². The Labute approximate surface area is 92.0 Å². The van der Waals surface area contributed by atoms with E-state index in [9.17, 15) is 31.1 Å². The zero-order valence-corrected chi connectivity index (χ0v) is 8.41. The summed E-state index contributed by atoms with van der Waals surface area (Å²) in [7, 11) is 0. The van der Waals surface area contributed by atoms with Gasteiger partial charge in [0.1, 0.15) is 0 Å². The minimum atomic E-state index is -5.23. The Morgan fingerprint density at radius 3 is 1.76 bits per heavy atom. The van der Waals surface area contributed by atoms with Crippen LogP contribution >= 0.6 is 0 Å². The molecule has 0 fully saturated rings. The Morgan fingerprint density at radius 1 is 0.941 bits per heavy atom. The molecule has 0 aromatic heterocycles. The van der Waals surface area contributed by atoms with Gasteiger partial charge in [0.15, 0.2) is 6.29 Å². The highest BCUT2D eigenvalue weighted by Gasteiger charge is 2.45. The zero-order valence-electron chi connectivity index (χ0n) is 8.41. The van der Waals surface area contributed by atoms with Gasteiger partial charge in [0.25, 0.3) is 0 Å². The molecule has 0 aliphatic heterocycles. The van der Waals surface area contributed by atoms with Crippen LogP contribution in [0.3, 0.4) is 0 Å². The van der Waals surface area contributed by atoms with Crippen molar-refractivity contribution in [2.45, 2.75) is 19.3 Å². The first-order valence-electron chi connectivity index (χ1n) is 4.32. The Hall–Kier alpha value is -1.53. The zero-order chi connectivity index (χ0) is 13.4. The maximum Gasteiger partial charge on any atom is 0.417 e.